The number of carbonyl (C=O) groups is 1. The first kappa shape index (κ1) is 14.8. The van der Waals surface area contributed by atoms with E-state index in [4.69, 9.17) is 4.74 Å². The molecule has 0 bridgehead atoms. The van der Waals surface area contributed by atoms with Gasteiger partial charge in [-0.1, -0.05) is 12.1 Å². The zero-order chi connectivity index (χ0) is 14.6. The van der Waals surface area contributed by atoms with Crippen LogP contribution in [0, 0.1) is 5.92 Å². The van der Waals surface area contributed by atoms with E-state index in [1.54, 1.807) is 0 Å². The minimum absolute atomic E-state index is 0.269. The van der Waals surface area contributed by atoms with E-state index in [-0.39, 0.29) is 11.5 Å². The summed E-state index contributed by atoms with van der Waals surface area (Å²) in [6.45, 7) is 1.66. The second kappa shape index (κ2) is 6.26. The van der Waals surface area contributed by atoms with Crippen molar-refractivity contribution in [3.8, 4) is 0 Å². The standard InChI is InChI=1S/C14H16F3NO2/c15-14(16,17)12-4-2-1-3-11(12)13(19)18-9-10-5-7-20-8-6-10/h1-4,10H,5-9H2,(H,18,19). The van der Waals surface area contributed by atoms with Crippen LogP contribution in [0.4, 0.5) is 13.2 Å². The van der Waals surface area contributed by atoms with Crippen molar-refractivity contribution in [2.75, 3.05) is 19.8 Å². The van der Waals surface area contributed by atoms with Crippen LogP contribution >= 0.6 is 0 Å². The second-order valence-electron chi connectivity index (χ2n) is 4.81. The molecule has 0 saturated carbocycles. The average molecular weight is 287 g/mol. The number of hydrogen-bond donors (Lipinski definition) is 1. The van der Waals surface area contributed by atoms with E-state index in [1.165, 1.54) is 18.2 Å². The number of ether oxygens (including phenoxy) is 1. The van der Waals surface area contributed by atoms with Crippen molar-refractivity contribution < 1.29 is 22.7 Å². The Bertz CT molecular complexity index is 468. The maximum Gasteiger partial charge on any atom is 0.417 e. The Morgan fingerprint density at radius 2 is 1.90 bits per heavy atom. The van der Waals surface area contributed by atoms with Crippen molar-refractivity contribution in [2.24, 2.45) is 5.92 Å². The number of benzene rings is 1. The highest BCUT2D eigenvalue weighted by atomic mass is 19.4. The molecule has 2 rings (SSSR count). The van der Waals surface area contributed by atoms with Crippen LogP contribution in [0.3, 0.4) is 0 Å². The lowest BCUT2D eigenvalue weighted by atomic mass is 10.00. The minimum atomic E-state index is -4.52. The van der Waals surface area contributed by atoms with Gasteiger partial charge in [-0.25, -0.2) is 0 Å². The molecule has 1 amide bonds. The Balaban J connectivity index is 2.02. The Labute approximate surface area is 115 Å². The van der Waals surface area contributed by atoms with Gasteiger partial charge < -0.3 is 10.1 Å². The molecule has 0 unspecified atom stereocenters. The van der Waals surface area contributed by atoms with Crippen LogP contribution in [-0.4, -0.2) is 25.7 Å². The third-order valence-corrected chi connectivity index (χ3v) is 3.37. The molecular formula is C14H16F3NO2. The number of alkyl halides is 3. The normalized spacial score (nSPS) is 16.9. The Morgan fingerprint density at radius 1 is 1.25 bits per heavy atom. The molecule has 0 aliphatic carbocycles. The van der Waals surface area contributed by atoms with Gasteiger partial charge in [-0.2, -0.15) is 13.2 Å². The monoisotopic (exact) mass is 287 g/mol. The molecule has 1 N–H and O–H groups in total. The molecule has 1 heterocycles. The zero-order valence-corrected chi connectivity index (χ0v) is 10.9. The summed E-state index contributed by atoms with van der Waals surface area (Å²) < 4.78 is 43.6. The van der Waals surface area contributed by atoms with Crippen LogP contribution in [-0.2, 0) is 10.9 Å². The van der Waals surface area contributed by atoms with Crippen molar-refractivity contribution in [3.63, 3.8) is 0 Å². The lowest BCUT2D eigenvalue weighted by Gasteiger charge is -2.22. The molecule has 0 spiro atoms. The SMILES string of the molecule is O=C(NCC1CCOCC1)c1ccccc1C(F)(F)F. The van der Waals surface area contributed by atoms with Gasteiger partial charge in [0.1, 0.15) is 0 Å². The largest absolute Gasteiger partial charge is 0.417 e. The summed E-state index contributed by atoms with van der Waals surface area (Å²) in [4.78, 5) is 11.9. The minimum Gasteiger partial charge on any atom is -0.381 e. The summed E-state index contributed by atoms with van der Waals surface area (Å²) in [5.41, 5.74) is -1.23. The molecule has 3 nitrogen and oxygen atoms in total. The fraction of sp³-hybridized carbons (Fsp3) is 0.500. The van der Waals surface area contributed by atoms with Gasteiger partial charge in [-0.05, 0) is 30.9 Å². The predicted molar refractivity (Wildman–Crippen MR) is 67.3 cm³/mol. The molecule has 110 valence electrons. The topological polar surface area (TPSA) is 38.3 Å². The highest BCUT2D eigenvalue weighted by molar-refractivity contribution is 5.95. The van der Waals surface area contributed by atoms with Gasteiger partial charge >= 0.3 is 6.18 Å². The Kier molecular flexibility index (Phi) is 4.65. The van der Waals surface area contributed by atoms with Crippen molar-refractivity contribution in [1.82, 2.24) is 5.32 Å². The number of nitrogens with one attached hydrogen (secondary N) is 1. The van der Waals surface area contributed by atoms with Gasteiger partial charge in [0.05, 0.1) is 11.1 Å². The van der Waals surface area contributed by atoms with Crippen molar-refractivity contribution >= 4 is 5.91 Å². The van der Waals surface area contributed by atoms with E-state index in [1.807, 2.05) is 0 Å². The van der Waals surface area contributed by atoms with Crippen molar-refractivity contribution in [2.45, 2.75) is 19.0 Å². The summed E-state index contributed by atoms with van der Waals surface area (Å²) in [7, 11) is 0. The smallest absolute Gasteiger partial charge is 0.381 e. The summed E-state index contributed by atoms with van der Waals surface area (Å²) in [5, 5.41) is 2.59. The highest BCUT2D eigenvalue weighted by Crippen LogP contribution is 2.31. The van der Waals surface area contributed by atoms with E-state index >= 15 is 0 Å². The van der Waals surface area contributed by atoms with E-state index in [9.17, 15) is 18.0 Å². The van der Waals surface area contributed by atoms with Crippen LogP contribution in [0.25, 0.3) is 0 Å². The number of halogens is 3. The van der Waals surface area contributed by atoms with Gasteiger partial charge in [0.2, 0.25) is 0 Å². The maximum absolute atomic E-state index is 12.8. The van der Waals surface area contributed by atoms with Crippen LogP contribution in [0.1, 0.15) is 28.8 Å². The lowest BCUT2D eigenvalue weighted by molar-refractivity contribution is -0.137. The average Bonchev–Trinajstić information content (AvgIpc) is 2.45. The van der Waals surface area contributed by atoms with E-state index in [0.717, 1.165) is 18.9 Å². The molecule has 0 atom stereocenters. The van der Waals surface area contributed by atoms with Crippen LogP contribution in [0.5, 0.6) is 0 Å². The number of rotatable bonds is 3. The fourth-order valence-corrected chi connectivity index (χ4v) is 2.21. The van der Waals surface area contributed by atoms with Gasteiger partial charge in [0.15, 0.2) is 0 Å². The summed E-state index contributed by atoms with van der Waals surface area (Å²) in [5.74, 6) is -0.407. The molecule has 1 saturated heterocycles. The van der Waals surface area contributed by atoms with Crippen LogP contribution in [0.15, 0.2) is 24.3 Å². The van der Waals surface area contributed by atoms with Crippen molar-refractivity contribution in [3.05, 3.63) is 35.4 Å². The molecule has 20 heavy (non-hydrogen) atoms. The van der Waals surface area contributed by atoms with E-state index in [2.05, 4.69) is 5.32 Å². The molecule has 1 aliphatic rings. The van der Waals surface area contributed by atoms with Gasteiger partial charge in [-0.15, -0.1) is 0 Å². The third-order valence-electron chi connectivity index (χ3n) is 3.37. The first-order valence-electron chi connectivity index (χ1n) is 6.50. The molecular weight excluding hydrogens is 271 g/mol. The summed E-state index contributed by atoms with van der Waals surface area (Å²) in [6.07, 6.45) is -2.88. The predicted octanol–water partition coefficient (Wildman–Crippen LogP) is 2.86. The van der Waals surface area contributed by atoms with Crippen LogP contribution in [0.2, 0.25) is 0 Å². The maximum atomic E-state index is 12.8. The first-order chi connectivity index (χ1) is 9.48. The zero-order valence-electron chi connectivity index (χ0n) is 10.9. The van der Waals surface area contributed by atoms with E-state index < -0.39 is 17.6 Å². The van der Waals surface area contributed by atoms with Gasteiger partial charge in [0, 0.05) is 19.8 Å². The quantitative estimate of drug-likeness (QED) is 0.928. The summed E-state index contributed by atoms with van der Waals surface area (Å²) >= 11 is 0. The van der Waals surface area contributed by atoms with Gasteiger partial charge in [-0.3, -0.25) is 4.79 Å². The fourth-order valence-electron chi connectivity index (χ4n) is 2.21. The lowest BCUT2D eigenvalue weighted by Crippen LogP contribution is -2.33. The molecule has 1 aliphatic heterocycles. The highest BCUT2D eigenvalue weighted by Gasteiger charge is 2.34. The third kappa shape index (κ3) is 3.72. The first-order valence-corrected chi connectivity index (χ1v) is 6.50. The second-order valence-corrected chi connectivity index (χ2v) is 4.81. The van der Waals surface area contributed by atoms with E-state index in [0.29, 0.717) is 19.8 Å². The van der Waals surface area contributed by atoms with Crippen LogP contribution < -0.4 is 5.32 Å². The molecule has 0 aromatic heterocycles. The molecule has 1 aromatic rings. The molecule has 1 aromatic carbocycles. The molecule has 1 fully saturated rings. The Hall–Kier alpha value is -1.56. The summed E-state index contributed by atoms with van der Waals surface area (Å²) in [6, 6.07) is 4.82. The molecule has 0 radical (unpaired) electrons. The Morgan fingerprint density at radius 3 is 2.55 bits per heavy atom. The van der Waals surface area contributed by atoms with Crippen molar-refractivity contribution in [1.29, 1.82) is 0 Å². The molecule has 6 heteroatoms. The number of amides is 1. The number of hydrogen-bond acceptors (Lipinski definition) is 2. The number of carbonyl (C=O) groups excluding carboxylic acids is 1. The van der Waals surface area contributed by atoms with Gasteiger partial charge in [0.25, 0.3) is 5.91 Å².